The Morgan fingerprint density at radius 3 is 2.87 bits per heavy atom. The topological polar surface area (TPSA) is 55.3 Å². The smallest absolute Gasteiger partial charge is 0.316 e. The Hall–Kier alpha value is -1.66. The van der Waals surface area contributed by atoms with Crippen molar-refractivity contribution in [1.29, 1.82) is 0 Å². The lowest BCUT2D eigenvalue weighted by Crippen LogP contribution is -2.44. The van der Waals surface area contributed by atoms with Crippen molar-refractivity contribution in [3.63, 3.8) is 0 Å². The number of rotatable bonds is 4. The molecule has 0 radical (unpaired) electrons. The van der Waals surface area contributed by atoms with Crippen LogP contribution in [0.5, 0.6) is 6.01 Å². The van der Waals surface area contributed by atoms with Gasteiger partial charge in [0.1, 0.15) is 6.10 Å². The number of piperidine rings is 1. The first-order valence-corrected chi connectivity index (χ1v) is 8.87. The van der Waals surface area contributed by atoms with Crippen LogP contribution in [0.2, 0.25) is 4.34 Å². The summed E-state index contributed by atoms with van der Waals surface area (Å²) >= 11 is 7.22. The summed E-state index contributed by atoms with van der Waals surface area (Å²) in [6, 6.07) is 3.90. The van der Waals surface area contributed by atoms with Crippen LogP contribution in [0.1, 0.15) is 35.0 Å². The van der Waals surface area contributed by atoms with E-state index in [2.05, 4.69) is 16.9 Å². The van der Waals surface area contributed by atoms with Crippen molar-refractivity contribution < 1.29 is 9.53 Å². The third kappa shape index (κ3) is 4.00. The number of hydrogen-bond acceptors (Lipinski definition) is 5. The number of hydrogen-bond donors (Lipinski definition) is 0. The van der Waals surface area contributed by atoms with E-state index in [-0.39, 0.29) is 12.0 Å². The summed E-state index contributed by atoms with van der Waals surface area (Å²) in [5, 5.41) is 0. The highest BCUT2D eigenvalue weighted by Gasteiger charge is 2.27. The second-order valence-electron chi connectivity index (χ2n) is 5.46. The van der Waals surface area contributed by atoms with Gasteiger partial charge < -0.3 is 9.64 Å². The maximum Gasteiger partial charge on any atom is 0.316 e. The van der Waals surface area contributed by atoms with Crippen LogP contribution in [-0.4, -0.2) is 40.0 Å². The molecule has 3 heterocycles. The minimum atomic E-state index is -0.0735. The van der Waals surface area contributed by atoms with Crippen molar-refractivity contribution in [1.82, 2.24) is 14.9 Å². The zero-order chi connectivity index (χ0) is 16.2. The molecule has 122 valence electrons. The molecule has 0 aromatic carbocycles. The van der Waals surface area contributed by atoms with Crippen LogP contribution in [0.3, 0.4) is 0 Å². The molecule has 0 bridgehead atoms. The number of ether oxygens (including phenoxy) is 1. The SMILES string of the molecule is CCc1cnc(OC2CCCN(C(=O)c3ccc(Cl)s3)C2)nc1. The highest BCUT2D eigenvalue weighted by atomic mass is 35.5. The summed E-state index contributed by atoms with van der Waals surface area (Å²) in [5.74, 6) is 0.0115. The zero-order valence-electron chi connectivity index (χ0n) is 12.9. The highest BCUT2D eigenvalue weighted by Crippen LogP contribution is 2.24. The van der Waals surface area contributed by atoms with Gasteiger partial charge in [0.25, 0.3) is 5.91 Å². The Balaban J connectivity index is 1.62. The highest BCUT2D eigenvalue weighted by molar-refractivity contribution is 7.17. The molecule has 0 saturated carbocycles. The zero-order valence-corrected chi connectivity index (χ0v) is 14.4. The number of halogens is 1. The van der Waals surface area contributed by atoms with E-state index in [1.807, 2.05) is 4.90 Å². The van der Waals surface area contributed by atoms with E-state index >= 15 is 0 Å². The molecule has 0 N–H and O–H groups in total. The average Bonchev–Trinajstić information content (AvgIpc) is 3.01. The summed E-state index contributed by atoms with van der Waals surface area (Å²) in [5.41, 5.74) is 1.08. The molecule has 1 aliphatic rings. The van der Waals surface area contributed by atoms with Crippen molar-refractivity contribution in [3.05, 3.63) is 39.3 Å². The summed E-state index contributed by atoms with van der Waals surface area (Å²) in [7, 11) is 0. The third-order valence-electron chi connectivity index (χ3n) is 3.81. The van der Waals surface area contributed by atoms with Gasteiger partial charge in [0.05, 0.1) is 15.8 Å². The second kappa shape index (κ2) is 7.27. The van der Waals surface area contributed by atoms with Gasteiger partial charge in [-0.05, 0) is 37.0 Å². The predicted octanol–water partition coefficient (Wildman–Crippen LogP) is 3.44. The van der Waals surface area contributed by atoms with Gasteiger partial charge in [-0.3, -0.25) is 4.79 Å². The quantitative estimate of drug-likeness (QED) is 0.846. The van der Waals surface area contributed by atoms with Gasteiger partial charge in [0.2, 0.25) is 0 Å². The standard InChI is InChI=1S/C16H18ClN3O2S/c1-2-11-8-18-16(19-9-11)22-12-4-3-7-20(10-12)15(21)13-5-6-14(17)23-13/h5-6,8-9,12H,2-4,7,10H2,1H3. The number of aromatic nitrogens is 2. The van der Waals surface area contributed by atoms with Gasteiger partial charge in [0.15, 0.2) is 0 Å². The van der Waals surface area contributed by atoms with Gasteiger partial charge in [0, 0.05) is 18.9 Å². The normalized spacial score (nSPS) is 18.0. The maximum atomic E-state index is 12.5. The lowest BCUT2D eigenvalue weighted by Gasteiger charge is -2.32. The molecule has 3 rings (SSSR count). The molecule has 1 amide bonds. The van der Waals surface area contributed by atoms with Crippen LogP contribution in [-0.2, 0) is 6.42 Å². The lowest BCUT2D eigenvalue weighted by atomic mass is 10.1. The largest absolute Gasteiger partial charge is 0.458 e. The number of thiophene rings is 1. The number of likely N-dealkylation sites (tertiary alicyclic amines) is 1. The Kier molecular flexibility index (Phi) is 5.13. The number of aryl methyl sites for hydroxylation is 1. The van der Waals surface area contributed by atoms with Gasteiger partial charge >= 0.3 is 6.01 Å². The van der Waals surface area contributed by atoms with Crippen LogP contribution >= 0.6 is 22.9 Å². The summed E-state index contributed by atoms with van der Waals surface area (Å²) in [6.07, 6.45) is 6.19. The molecule has 7 heteroatoms. The number of carbonyl (C=O) groups excluding carboxylic acids is 1. The Labute approximate surface area is 144 Å². The van der Waals surface area contributed by atoms with Crippen molar-refractivity contribution in [2.24, 2.45) is 0 Å². The second-order valence-corrected chi connectivity index (χ2v) is 7.18. The van der Waals surface area contributed by atoms with Crippen LogP contribution in [0.4, 0.5) is 0 Å². The summed E-state index contributed by atoms with van der Waals surface area (Å²) in [4.78, 5) is 23.4. The molecule has 1 fully saturated rings. The summed E-state index contributed by atoms with van der Waals surface area (Å²) in [6.45, 7) is 3.35. The van der Waals surface area contributed by atoms with Crippen LogP contribution < -0.4 is 4.74 Å². The van der Waals surface area contributed by atoms with E-state index in [4.69, 9.17) is 16.3 Å². The van der Waals surface area contributed by atoms with Gasteiger partial charge in [-0.1, -0.05) is 18.5 Å². The minimum absolute atomic E-state index is 0.0115. The number of nitrogens with zero attached hydrogens (tertiary/aromatic N) is 3. The Morgan fingerprint density at radius 2 is 2.22 bits per heavy atom. The minimum Gasteiger partial charge on any atom is -0.458 e. The van der Waals surface area contributed by atoms with Crippen LogP contribution in [0.15, 0.2) is 24.5 Å². The molecule has 0 spiro atoms. The number of amides is 1. The van der Waals surface area contributed by atoms with E-state index in [1.165, 1.54) is 11.3 Å². The molecule has 1 unspecified atom stereocenters. The van der Waals surface area contributed by atoms with E-state index in [1.54, 1.807) is 24.5 Å². The number of carbonyl (C=O) groups is 1. The van der Waals surface area contributed by atoms with Crippen LogP contribution in [0.25, 0.3) is 0 Å². The van der Waals surface area contributed by atoms with E-state index in [0.29, 0.717) is 21.8 Å². The van der Waals surface area contributed by atoms with E-state index in [0.717, 1.165) is 31.4 Å². The first-order valence-electron chi connectivity index (χ1n) is 7.68. The molecule has 23 heavy (non-hydrogen) atoms. The molecule has 5 nitrogen and oxygen atoms in total. The lowest BCUT2D eigenvalue weighted by molar-refractivity contribution is 0.0520. The molecule has 1 saturated heterocycles. The molecule has 2 aromatic heterocycles. The van der Waals surface area contributed by atoms with Crippen molar-refractivity contribution in [2.45, 2.75) is 32.3 Å². The molecular weight excluding hydrogens is 334 g/mol. The predicted molar refractivity (Wildman–Crippen MR) is 90.3 cm³/mol. The van der Waals surface area contributed by atoms with Gasteiger partial charge in [-0.25, -0.2) is 9.97 Å². The average molecular weight is 352 g/mol. The van der Waals surface area contributed by atoms with Gasteiger partial charge in [-0.15, -0.1) is 11.3 Å². The van der Waals surface area contributed by atoms with E-state index < -0.39 is 0 Å². The molecule has 2 aromatic rings. The van der Waals surface area contributed by atoms with Crippen LogP contribution in [0, 0.1) is 0 Å². The van der Waals surface area contributed by atoms with Gasteiger partial charge in [-0.2, -0.15) is 0 Å². The van der Waals surface area contributed by atoms with Crippen molar-refractivity contribution >= 4 is 28.8 Å². The van der Waals surface area contributed by atoms with Crippen molar-refractivity contribution in [2.75, 3.05) is 13.1 Å². The Morgan fingerprint density at radius 1 is 1.43 bits per heavy atom. The summed E-state index contributed by atoms with van der Waals surface area (Å²) < 4.78 is 6.46. The Bertz CT molecular complexity index is 674. The first kappa shape index (κ1) is 16.2. The molecule has 1 atom stereocenters. The fourth-order valence-corrected chi connectivity index (χ4v) is 3.55. The fraction of sp³-hybridized carbons (Fsp3) is 0.438. The third-order valence-corrected chi connectivity index (χ3v) is 5.03. The maximum absolute atomic E-state index is 12.5. The molecule has 0 aliphatic carbocycles. The van der Waals surface area contributed by atoms with Crippen molar-refractivity contribution in [3.8, 4) is 6.01 Å². The first-order chi connectivity index (χ1) is 11.2. The van der Waals surface area contributed by atoms with E-state index in [9.17, 15) is 4.79 Å². The molecule has 1 aliphatic heterocycles. The fourth-order valence-electron chi connectivity index (χ4n) is 2.54. The molecular formula is C16H18ClN3O2S. The monoisotopic (exact) mass is 351 g/mol.